The molecule has 1 rings (SSSR count). The summed E-state index contributed by atoms with van der Waals surface area (Å²) in [4.78, 5) is 26.1. The fourth-order valence-corrected chi connectivity index (χ4v) is 1.55. The average Bonchev–Trinajstić information content (AvgIpc) is 2.84. The van der Waals surface area contributed by atoms with Gasteiger partial charge in [0.1, 0.15) is 12.7 Å². The molecule has 0 aromatic carbocycles. The molecule has 0 saturated heterocycles. The van der Waals surface area contributed by atoms with Crippen molar-refractivity contribution in [3.8, 4) is 0 Å². The average molecular weight is 254 g/mol. The molecule has 1 aromatic heterocycles. The summed E-state index contributed by atoms with van der Waals surface area (Å²) >= 11 is 0. The first-order valence-electron chi connectivity index (χ1n) is 5.95. The van der Waals surface area contributed by atoms with Crippen LogP contribution in [-0.2, 0) is 16.1 Å². The molecule has 0 fully saturated rings. The van der Waals surface area contributed by atoms with E-state index in [2.05, 4.69) is 15.4 Å². The van der Waals surface area contributed by atoms with E-state index in [0.29, 0.717) is 13.0 Å². The lowest BCUT2D eigenvalue weighted by Crippen LogP contribution is -2.33. The van der Waals surface area contributed by atoms with Crippen LogP contribution in [-0.4, -0.2) is 38.3 Å². The number of aliphatic carboxylic acids is 1. The third kappa shape index (κ3) is 4.94. The van der Waals surface area contributed by atoms with Crippen molar-refractivity contribution in [2.24, 2.45) is 5.92 Å². The summed E-state index contributed by atoms with van der Waals surface area (Å²) in [5.41, 5.74) is 0. The Morgan fingerprint density at radius 2 is 2.28 bits per heavy atom. The second-order valence-electron chi connectivity index (χ2n) is 4.04. The van der Waals surface area contributed by atoms with Crippen LogP contribution in [0.2, 0.25) is 0 Å². The van der Waals surface area contributed by atoms with E-state index >= 15 is 0 Å². The Hall–Kier alpha value is -1.92. The molecular weight excluding hydrogens is 236 g/mol. The Labute approximate surface area is 105 Å². The number of aryl methyl sites for hydroxylation is 1. The molecule has 1 heterocycles. The van der Waals surface area contributed by atoms with Gasteiger partial charge in [0, 0.05) is 13.0 Å². The van der Waals surface area contributed by atoms with Gasteiger partial charge in [0.05, 0.1) is 12.5 Å². The summed E-state index contributed by atoms with van der Waals surface area (Å²) in [7, 11) is 0. The molecule has 1 unspecified atom stereocenters. The largest absolute Gasteiger partial charge is 0.481 e. The first kappa shape index (κ1) is 14.1. The Morgan fingerprint density at radius 3 is 2.83 bits per heavy atom. The SMILES string of the molecule is CCCC(CNC(=O)CCn1cncn1)C(=O)O. The van der Waals surface area contributed by atoms with Crippen molar-refractivity contribution >= 4 is 11.9 Å². The number of carboxylic acids is 1. The molecule has 100 valence electrons. The van der Waals surface area contributed by atoms with Crippen molar-refractivity contribution in [1.82, 2.24) is 20.1 Å². The van der Waals surface area contributed by atoms with E-state index in [1.807, 2.05) is 6.92 Å². The van der Waals surface area contributed by atoms with Gasteiger partial charge in [-0.25, -0.2) is 4.98 Å². The van der Waals surface area contributed by atoms with Crippen LogP contribution in [0.15, 0.2) is 12.7 Å². The van der Waals surface area contributed by atoms with Crippen molar-refractivity contribution < 1.29 is 14.7 Å². The zero-order chi connectivity index (χ0) is 13.4. The van der Waals surface area contributed by atoms with Crippen molar-refractivity contribution in [3.05, 3.63) is 12.7 Å². The summed E-state index contributed by atoms with van der Waals surface area (Å²) in [6.07, 6.45) is 4.55. The topological polar surface area (TPSA) is 97.1 Å². The highest BCUT2D eigenvalue weighted by Gasteiger charge is 2.16. The molecule has 0 saturated carbocycles. The lowest BCUT2D eigenvalue weighted by molar-refractivity contribution is -0.141. The molecule has 0 aliphatic heterocycles. The predicted octanol–water partition coefficient (Wildman–Crippen LogP) is 0.285. The summed E-state index contributed by atoms with van der Waals surface area (Å²) in [5.74, 6) is -1.55. The Kier molecular flexibility index (Phi) is 5.83. The van der Waals surface area contributed by atoms with E-state index < -0.39 is 11.9 Å². The zero-order valence-corrected chi connectivity index (χ0v) is 10.4. The van der Waals surface area contributed by atoms with Crippen LogP contribution in [0.3, 0.4) is 0 Å². The van der Waals surface area contributed by atoms with Gasteiger partial charge < -0.3 is 10.4 Å². The predicted molar refractivity (Wildman–Crippen MR) is 63.7 cm³/mol. The van der Waals surface area contributed by atoms with E-state index in [0.717, 1.165) is 6.42 Å². The lowest BCUT2D eigenvalue weighted by atomic mass is 10.0. The number of carbonyl (C=O) groups is 2. The molecule has 7 heteroatoms. The number of amides is 1. The van der Waals surface area contributed by atoms with E-state index in [4.69, 9.17) is 5.11 Å². The van der Waals surface area contributed by atoms with Crippen molar-refractivity contribution in [3.63, 3.8) is 0 Å². The molecule has 0 aliphatic carbocycles. The first-order chi connectivity index (χ1) is 8.63. The fourth-order valence-electron chi connectivity index (χ4n) is 1.55. The minimum absolute atomic E-state index is 0.173. The summed E-state index contributed by atoms with van der Waals surface area (Å²) in [6.45, 7) is 2.54. The van der Waals surface area contributed by atoms with Gasteiger partial charge in [0.25, 0.3) is 0 Å². The van der Waals surface area contributed by atoms with Gasteiger partial charge in [-0.2, -0.15) is 5.10 Å². The Morgan fingerprint density at radius 1 is 1.50 bits per heavy atom. The summed E-state index contributed by atoms with van der Waals surface area (Å²) in [5, 5.41) is 15.4. The number of hydrogen-bond acceptors (Lipinski definition) is 4. The van der Waals surface area contributed by atoms with E-state index in [-0.39, 0.29) is 18.9 Å². The number of carboxylic acid groups (broad SMARTS) is 1. The highest BCUT2D eigenvalue weighted by Crippen LogP contribution is 2.05. The third-order valence-corrected chi connectivity index (χ3v) is 2.57. The second kappa shape index (κ2) is 7.41. The highest BCUT2D eigenvalue weighted by atomic mass is 16.4. The molecule has 0 spiro atoms. The molecule has 1 atom stereocenters. The van der Waals surface area contributed by atoms with Crippen LogP contribution in [0.25, 0.3) is 0 Å². The molecule has 1 amide bonds. The maximum atomic E-state index is 11.5. The van der Waals surface area contributed by atoms with E-state index in [9.17, 15) is 9.59 Å². The molecule has 7 nitrogen and oxygen atoms in total. The van der Waals surface area contributed by atoms with Crippen LogP contribution < -0.4 is 5.32 Å². The van der Waals surface area contributed by atoms with Crippen LogP contribution in [0, 0.1) is 5.92 Å². The lowest BCUT2D eigenvalue weighted by Gasteiger charge is -2.12. The zero-order valence-electron chi connectivity index (χ0n) is 10.4. The van der Waals surface area contributed by atoms with Gasteiger partial charge in [-0.3, -0.25) is 14.3 Å². The summed E-state index contributed by atoms with van der Waals surface area (Å²) < 4.78 is 1.56. The highest BCUT2D eigenvalue weighted by molar-refractivity contribution is 5.77. The Bertz CT molecular complexity index is 378. The molecular formula is C11H18N4O3. The van der Waals surface area contributed by atoms with Crippen LogP contribution in [0.1, 0.15) is 26.2 Å². The van der Waals surface area contributed by atoms with Crippen LogP contribution >= 0.6 is 0 Å². The van der Waals surface area contributed by atoms with E-state index in [1.165, 1.54) is 12.7 Å². The molecule has 0 bridgehead atoms. The maximum Gasteiger partial charge on any atom is 0.308 e. The quantitative estimate of drug-likeness (QED) is 0.694. The molecule has 0 radical (unpaired) electrons. The normalized spacial score (nSPS) is 12.1. The van der Waals surface area contributed by atoms with Crippen LogP contribution in [0.4, 0.5) is 0 Å². The number of nitrogens with one attached hydrogen (secondary N) is 1. The van der Waals surface area contributed by atoms with Crippen molar-refractivity contribution in [1.29, 1.82) is 0 Å². The number of rotatable bonds is 8. The maximum absolute atomic E-state index is 11.5. The van der Waals surface area contributed by atoms with Gasteiger partial charge in [-0.1, -0.05) is 13.3 Å². The van der Waals surface area contributed by atoms with Gasteiger partial charge >= 0.3 is 5.97 Å². The fraction of sp³-hybridized carbons (Fsp3) is 0.636. The van der Waals surface area contributed by atoms with Crippen LogP contribution in [0.5, 0.6) is 0 Å². The van der Waals surface area contributed by atoms with Crippen molar-refractivity contribution in [2.75, 3.05) is 6.54 Å². The minimum atomic E-state index is -0.867. The second-order valence-corrected chi connectivity index (χ2v) is 4.04. The van der Waals surface area contributed by atoms with Gasteiger partial charge in [-0.05, 0) is 6.42 Å². The van der Waals surface area contributed by atoms with Gasteiger partial charge in [0.15, 0.2) is 0 Å². The number of carbonyl (C=O) groups excluding carboxylic acids is 1. The monoisotopic (exact) mass is 254 g/mol. The molecule has 0 aliphatic rings. The minimum Gasteiger partial charge on any atom is -0.481 e. The van der Waals surface area contributed by atoms with Gasteiger partial charge in [0.2, 0.25) is 5.91 Å². The standard InChI is InChI=1S/C11H18N4O3/c1-2-3-9(11(17)18)6-13-10(16)4-5-15-8-12-7-14-15/h7-9H,2-6H2,1H3,(H,13,16)(H,17,18). The molecule has 18 heavy (non-hydrogen) atoms. The first-order valence-corrected chi connectivity index (χ1v) is 5.95. The van der Waals surface area contributed by atoms with Crippen molar-refractivity contribution in [2.45, 2.75) is 32.7 Å². The summed E-state index contributed by atoms with van der Waals surface area (Å²) in [6, 6.07) is 0. The van der Waals surface area contributed by atoms with E-state index in [1.54, 1.807) is 4.68 Å². The number of aromatic nitrogens is 3. The number of hydrogen-bond donors (Lipinski definition) is 2. The Balaban J connectivity index is 2.25. The number of nitrogens with zero attached hydrogens (tertiary/aromatic N) is 3. The van der Waals surface area contributed by atoms with Gasteiger partial charge in [-0.15, -0.1) is 0 Å². The third-order valence-electron chi connectivity index (χ3n) is 2.57. The smallest absolute Gasteiger partial charge is 0.308 e. The molecule has 2 N–H and O–H groups in total. The molecule has 1 aromatic rings.